The first-order chi connectivity index (χ1) is 6.90. The first-order valence-electron chi connectivity index (χ1n) is 5.67. The number of carboxylic acids is 1. The summed E-state index contributed by atoms with van der Waals surface area (Å²) >= 11 is 0. The summed E-state index contributed by atoms with van der Waals surface area (Å²) in [6.45, 7) is 7.26. The lowest BCUT2D eigenvalue weighted by atomic mass is 9.86. The third-order valence-electron chi connectivity index (χ3n) is 3.43. The van der Waals surface area contributed by atoms with Crippen molar-refractivity contribution < 1.29 is 9.90 Å². The van der Waals surface area contributed by atoms with Gasteiger partial charge in [0.05, 0.1) is 6.42 Å². The predicted octanol–water partition coefficient (Wildman–Crippen LogP) is 1.05. The van der Waals surface area contributed by atoms with Gasteiger partial charge in [-0.15, -0.1) is 0 Å². The van der Waals surface area contributed by atoms with Crippen LogP contribution in [0.4, 0.5) is 0 Å². The van der Waals surface area contributed by atoms with Crippen LogP contribution in [0.1, 0.15) is 40.0 Å². The Morgan fingerprint density at radius 1 is 1.67 bits per heavy atom. The normalized spacial score (nSPS) is 32.5. The summed E-state index contributed by atoms with van der Waals surface area (Å²) in [5.74, 6) is -0.790. The summed E-state index contributed by atoms with van der Waals surface area (Å²) in [7, 11) is 0. The summed E-state index contributed by atoms with van der Waals surface area (Å²) in [6, 6.07) is 0.641. The van der Waals surface area contributed by atoms with Gasteiger partial charge < -0.3 is 10.8 Å². The largest absolute Gasteiger partial charge is 0.481 e. The summed E-state index contributed by atoms with van der Waals surface area (Å²) in [4.78, 5) is 13.1. The van der Waals surface area contributed by atoms with Crippen molar-refractivity contribution in [2.75, 3.05) is 6.54 Å². The fraction of sp³-hybridized carbons (Fsp3) is 0.909. The molecule has 0 aromatic heterocycles. The maximum Gasteiger partial charge on any atom is 0.305 e. The Labute approximate surface area is 91.4 Å². The van der Waals surface area contributed by atoms with Crippen LogP contribution in [0.5, 0.6) is 0 Å². The molecule has 4 nitrogen and oxygen atoms in total. The van der Waals surface area contributed by atoms with Crippen molar-refractivity contribution in [3.05, 3.63) is 0 Å². The van der Waals surface area contributed by atoms with Crippen LogP contribution in [-0.2, 0) is 4.79 Å². The molecule has 4 heteroatoms. The van der Waals surface area contributed by atoms with E-state index in [9.17, 15) is 4.79 Å². The lowest BCUT2D eigenvalue weighted by molar-refractivity contribution is -0.138. The number of carboxylic acid groups (broad SMARTS) is 1. The van der Waals surface area contributed by atoms with Crippen LogP contribution in [0.15, 0.2) is 0 Å². The number of likely N-dealkylation sites (tertiary alicyclic amines) is 1. The van der Waals surface area contributed by atoms with Crippen molar-refractivity contribution in [2.24, 2.45) is 5.73 Å². The van der Waals surface area contributed by atoms with E-state index in [4.69, 9.17) is 10.8 Å². The fourth-order valence-corrected chi connectivity index (χ4v) is 2.74. The van der Waals surface area contributed by atoms with Gasteiger partial charge in [0.25, 0.3) is 0 Å². The molecule has 15 heavy (non-hydrogen) atoms. The minimum Gasteiger partial charge on any atom is -0.481 e. The average Bonchev–Trinajstić information content (AvgIpc) is 2.40. The Hall–Kier alpha value is -0.610. The summed E-state index contributed by atoms with van der Waals surface area (Å²) in [5, 5.41) is 8.88. The summed E-state index contributed by atoms with van der Waals surface area (Å²) < 4.78 is 0. The number of nitrogens with zero attached hydrogens (tertiary/aromatic N) is 1. The van der Waals surface area contributed by atoms with Gasteiger partial charge >= 0.3 is 5.97 Å². The maximum atomic E-state index is 10.8. The number of carbonyl (C=O) groups is 1. The molecule has 0 spiro atoms. The number of aliphatic carboxylic acids is 1. The summed E-state index contributed by atoms with van der Waals surface area (Å²) in [6.07, 6.45) is 1.78. The van der Waals surface area contributed by atoms with Crippen LogP contribution in [0.2, 0.25) is 0 Å². The van der Waals surface area contributed by atoms with Crippen LogP contribution in [-0.4, -0.2) is 40.1 Å². The second-order valence-corrected chi connectivity index (χ2v) is 4.81. The van der Waals surface area contributed by atoms with E-state index in [0.29, 0.717) is 6.04 Å². The van der Waals surface area contributed by atoms with Crippen molar-refractivity contribution in [2.45, 2.75) is 57.7 Å². The second-order valence-electron chi connectivity index (χ2n) is 4.81. The molecule has 2 atom stereocenters. The van der Waals surface area contributed by atoms with E-state index in [2.05, 4.69) is 25.7 Å². The molecule has 1 fully saturated rings. The molecule has 0 aliphatic carbocycles. The smallest absolute Gasteiger partial charge is 0.305 e. The Kier molecular flexibility index (Phi) is 3.73. The Balaban J connectivity index is 2.79. The predicted molar refractivity (Wildman–Crippen MR) is 59.7 cm³/mol. The molecule has 0 aromatic carbocycles. The lowest BCUT2D eigenvalue weighted by Gasteiger charge is -2.35. The van der Waals surface area contributed by atoms with Crippen molar-refractivity contribution in [1.82, 2.24) is 4.90 Å². The van der Waals surface area contributed by atoms with Gasteiger partial charge in [-0.25, -0.2) is 0 Å². The standard InChI is InChI=1S/C11H22N2O2/c1-4-9-11(12,7-10(14)15)5-6-13(9)8(2)3/h8-9H,4-7,12H2,1-3H3,(H,14,15). The van der Waals surface area contributed by atoms with E-state index < -0.39 is 11.5 Å². The number of hydrogen-bond acceptors (Lipinski definition) is 3. The lowest BCUT2D eigenvalue weighted by Crippen LogP contribution is -2.53. The second kappa shape index (κ2) is 4.49. The molecule has 0 saturated carbocycles. The van der Waals surface area contributed by atoms with Gasteiger partial charge in [-0.1, -0.05) is 6.92 Å². The minimum absolute atomic E-state index is 0.0781. The van der Waals surface area contributed by atoms with Gasteiger partial charge in [0.2, 0.25) is 0 Å². The number of hydrogen-bond donors (Lipinski definition) is 2. The highest BCUT2D eigenvalue weighted by Gasteiger charge is 2.45. The van der Waals surface area contributed by atoms with E-state index in [1.807, 2.05) is 0 Å². The molecule has 3 N–H and O–H groups in total. The zero-order valence-corrected chi connectivity index (χ0v) is 9.86. The quantitative estimate of drug-likeness (QED) is 0.734. The number of rotatable bonds is 4. The van der Waals surface area contributed by atoms with Gasteiger partial charge in [-0.2, -0.15) is 0 Å². The van der Waals surface area contributed by atoms with Gasteiger partial charge in [-0.3, -0.25) is 9.69 Å². The zero-order chi connectivity index (χ0) is 11.6. The maximum absolute atomic E-state index is 10.8. The molecule has 1 rings (SSSR count). The molecular formula is C11H22N2O2. The first kappa shape index (κ1) is 12.5. The highest BCUT2D eigenvalue weighted by molar-refractivity contribution is 5.68. The van der Waals surface area contributed by atoms with Gasteiger partial charge in [0, 0.05) is 24.2 Å². The molecule has 2 unspecified atom stereocenters. The van der Waals surface area contributed by atoms with Crippen molar-refractivity contribution in [1.29, 1.82) is 0 Å². The van der Waals surface area contributed by atoms with E-state index >= 15 is 0 Å². The molecule has 0 bridgehead atoms. The molecule has 0 aromatic rings. The molecule has 0 radical (unpaired) electrons. The summed E-state index contributed by atoms with van der Waals surface area (Å²) in [5.41, 5.74) is 5.68. The van der Waals surface area contributed by atoms with E-state index in [1.165, 1.54) is 0 Å². The number of nitrogens with two attached hydrogens (primary N) is 1. The van der Waals surface area contributed by atoms with Crippen molar-refractivity contribution in [3.63, 3.8) is 0 Å². The molecule has 0 amide bonds. The van der Waals surface area contributed by atoms with Crippen LogP contribution < -0.4 is 5.73 Å². The SMILES string of the molecule is CCC1N(C(C)C)CCC1(N)CC(=O)O. The molecular weight excluding hydrogens is 192 g/mol. The highest BCUT2D eigenvalue weighted by atomic mass is 16.4. The first-order valence-corrected chi connectivity index (χ1v) is 5.67. The molecule has 1 aliphatic rings. The third-order valence-corrected chi connectivity index (χ3v) is 3.43. The molecule has 1 heterocycles. The van der Waals surface area contributed by atoms with Gasteiger partial charge in [0.15, 0.2) is 0 Å². The van der Waals surface area contributed by atoms with Crippen molar-refractivity contribution in [3.8, 4) is 0 Å². The molecule has 1 aliphatic heterocycles. The van der Waals surface area contributed by atoms with E-state index in [0.717, 1.165) is 19.4 Å². The fourth-order valence-electron chi connectivity index (χ4n) is 2.74. The van der Waals surface area contributed by atoms with Gasteiger partial charge in [-0.05, 0) is 26.7 Å². The topological polar surface area (TPSA) is 66.6 Å². The van der Waals surface area contributed by atoms with E-state index in [1.54, 1.807) is 0 Å². The van der Waals surface area contributed by atoms with Crippen LogP contribution in [0, 0.1) is 0 Å². The van der Waals surface area contributed by atoms with E-state index in [-0.39, 0.29) is 12.5 Å². The Bertz CT molecular complexity index is 243. The molecule has 1 saturated heterocycles. The highest BCUT2D eigenvalue weighted by Crippen LogP contribution is 2.32. The Morgan fingerprint density at radius 3 is 2.67 bits per heavy atom. The minimum atomic E-state index is -0.790. The van der Waals surface area contributed by atoms with Crippen molar-refractivity contribution >= 4 is 5.97 Å². The van der Waals surface area contributed by atoms with Crippen LogP contribution in [0.25, 0.3) is 0 Å². The van der Waals surface area contributed by atoms with Gasteiger partial charge in [0.1, 0.15) is 0 Å². The van der Waals surface area contributed by atoms with Crippen LogP contribution in [0.3, 0.4) is 0 Å². The Morgan fingerprint density at radius 2 is 2.27 bits per heavy atom. The zero-order valence-electron chi connectivity index (χ0n) is 9.86. The monoisotopic (exact) mass is 214 g/mol. The molecule has 88 valence electrons. The van der Waals surface area contributed by atoms with Crippen LogP contribution >= 0.6 is 0 Å². The third kappa shape index (κ3) is 2.49. The average molecular weight is 214 g/mol.